The summed E-state index contributed by atoms with van der Waals surface area (Å²) >= 11 is 0. The van der Waals surface area contributed by atoms with Crippen molar-refractivity contribution in [2.24, 2.45) is 0 Å². The number of benzene rings is 2. The second kappa shape index (κ2) is 10.1. The maximum atomic E-state index is 13.0. The maximum Gasteiger partial charge on any atom is 0.451 e. The summed E-state index contributed by atoms with van der Waals surface area (Å²) in [6.07, 6.45) is -3.39. The number of nitrogens with one attached hydrogen (secondary N) is 1. The van der Waals surface area contributed by atoms with Gasteiger partial charge in [-0.15, -0.1) is 0 Å². The lowest BCUT2D eigenvalue weighted by Gasteiger charge is -2.14. The van der Waals surface area contributed by atoms with E-state index in [1.165, 1.54) is 20.3 Å². The molecule has 186 valence electrons. The van der Waals surface area contributed by atoms with Crippen molar-refractivity contribution in [3.8, 4) is 23.0 Å². The van der Waals surface area contributed by atoms with Crippen molar-refractivity contribution in [3.05, 3.63) is 70.3 Å². The molecule has 0 radical (unpaired) electrons. The van der Waals surface area contributed by atoms with Gasteiger partial charge in [-0.25, -0.2) is 23.1 Å². The third-order valence-corrected chi connectivity index (χ3v) is 5.91. The van der Waals surface area contributed by atoms with E-state index in [1.807, 2.05) is 0 Å². The molecule has 2 aromatic carbocycles. The fourth-order valence-electron chi connectivity index (χ4n) is 2.80. The van der Waals surface area contributed by atoms with Crippen LogP contribution in [0.2, 0.25) is 0 Å². The molecule has 1 heterocycles. The summed E-state index contributed by atoms with van der Waals surface area (Å²) in [5, 5.41) is 11.2. The van der Waals surface area contributed by atoms with E-state index in [-0.39, 0.29) is 12.3 Å². The van der Waals surface area contributed by atoms with Crippen LogP contribution in [-0.2, 0) is 22.7 Å². The molecule has 0 bridgehead atoms. The van der Waals surface area contributed by atoms with Gasteiger partial charge >= 0.3 is 6.18 Å². The van der Waals surface area contributed by atoms with E-state index in [2.05, 4.69) is 14.7 Å². The molecule has 35 heavy (non-hydrogen) atoms. The average molecular weight is 514 g/mol. The van der Waals surface area contributed by atoms with Crippen LogP contribution in [0.3, 0.4) is 0 Å². The number of sulfonamides is 1. The molecule has 3 rings (SSSR count). The molecule has 0 atom stereocenters. The second-order valence-electron chi connectivity index (χ2n) is 6.73. The lowest BCUT2D eigenvalue weighted by molar-refractivity contribution is -0.385. The number of rotatable bonds is 9. The molecule has 0 saturated heterocycles. The monoisotopic (exact) mass is 514 g/mol. The summed E-state index contributed by atoms with van der Waals surface area (Å²) < 4.78 is 82.1. The Bertz CT molecular complexity index is 1330. The number of nitrogens with zero attached hydrogens (tertiary/aromatic N) is 3. The van der Waals surface area contributed by atoms with E-state index in [9.17, 15) is 31.7 Å². The van der Waals surface area contributed by atoms with Crippen molar-refractivity contribution in [3.63, 3.8) is 0 Å². The van der Waals surface area contributed by atoms with Gasteiger partial charge in [0.15, 0.2) is 5.75 Å². The largest absolute Gasteiger partial charge is 0.497 e. The number of ether oxygens (including phenoxy) is 3. The highest BCUT2D eigenvalue weighted by Gasteiger charge is 2.34. The van der Waals surface area contributed by atoms with Crippen LogP contribution in [0.5, 0.6) is 23.0 Å². The molecule has 0 fully saturated rings. The number of hydrogen-bond donors (Lipinski definition) is 1. The van der Waals surface area contributed by atoms with Crippen LogP contribution in [0.1, 0.15) is 11.4 Å². The van der Waals surface area contributed by atoms with Crippen LogP contribution in [-0.4, -0.2) is 37.5 Å². The van der Waals surface area contributed by atoms with Crippen molar-refractivity contribution < 1.29 is 40.7 Å². The van der Waals surface area contributed by atoms with E-state index >= 15 is 0 Å². The lowest BCUT2D eigenvalue weighted by Crippen LogP contribution is -2.24. The zero-order chi connectivity index (χ0) is 25.8. The number of halogens is 3. The molecular formula is C20H17F3N4O7S. The summed E-state index contributed by atoms with van der Waals surface area (Å²) in [6, 6.07) is 7.41. The van der Waals surface area contributed by atoms with Crippen molar-refractivity contribution >= 4 is 15.7 Å². The van der Waals surface area contributed by atoms with Crippen LogP contribution in [0.4, 0.5) is 18.9 Å². The standard InChI is InChI=1S/C20H17F3N4O7S/c1-32-14-5-3-12(17(8-14)33-2)9-26-35(30,31)18-7-13(27(28)29)4-6-16(18)34-15-10-24-19(25-11-15)20(21,22)23/h3-8,10-11,26H,9H2,1-2H3. The first kappa shape index (κ1) is 25.6. The summed E-state index contributed by atoms with van der Waals surface area (Å²) in [4.78, 5) is 16.0. The Morgan fingerprint density at radius 1 is 1.00 bits per heavy atom. The van der Waals surface area contributed by atoms with E-state index in [1.54, 1.807) is 12.1 Å². The molecule has 0 unspecified atom stereocenters. The van der Waals surface area contributed by atoms with Gasteiger partial charge in [-0.3, -0.25) is 10.1 Å². The van der Waals surface area contributed by atoms with E-state index in [0.29, 0.717) is 29.5 Å². The number of methoxy groups -OCH3 is 2. The van der Waals surface area contributed by atoms with Gasteiger partial charge < -0.3 is 14.2 Å². The Kier molecular flexibility index (Phi) is 7.40. The Morgan fingerprint density at radius 3 is 2.26 bits per heavy atom. The molecule has 3 aromatic rings. The molecule has 1 aromatic heterocycles. The number of hydrogen-bond acceptors (Lipinski definition) is 9. The Labute approximate surface area is 196 Å². The summed E-state index contributed by atoms with van der Waals surface area (Å²) in [5.74, 6) is -1.34. The van der Waals surface area contributed by atoms with Gasteiger partial charge in [-0.1, -0.05) is 6.07 Å². The molecule has 0 spiro atoms. The van der Waals surface area contributed by atoms with Gasteiger partial charge in [-0.2, -0.15) is 13.2 Å². The van der Waals surface area contributed by atoms with Crippen molar-refractivity contribution in [2.75, 3.05) is 14.2 Å². The minimum atomic E-state index is -4.78. The first-order chi connectivity index (χ1) is 16.4. The van der Waals surface area contributed by atoms with Crippen molar-refractivity contribution in [1.82, 2.24) is 14.7 Å². The summed E-state index contributed by atoms with van der Waals surface area (Å²) in [5.41, 5.74) is -0.121. The van der Waals surface area contributed by atoms with E-state index in [4.69, 9.17) is 14.2 Å². The molecule has 1 N–H and O–H groups in total. The number of alkyl halides is 3. The number of nitro groups is 1. The van der Waals surface area contributed by atoms with Gasteiger partial charge in [-0.05, 0) is 12.1 Å². The average Bonchev–Trinajstić information content (AvgIpc) is 2.82. The molecule has 0 saturated carbocycles. The van der Waals surface area contributed by atoms with E-state index in [0.717, 1.165) is 18.2 Å². The highest BCUT2D eigenvalue weighted by molar-refractivity contribution is 7.89. The Morgan fingerprint density at radius 2 is 1.69 bits per heavy atom. The molecular weight excluding hydrogens is 497 g/mol. The zero-order valence-corrected chi connectivity index (χ0v) is 18.9. The molecule has 0 aliphatic carbocycles. The predicted molar refractivity (Wildman–Crippen MR) is 114 cm³/mol. The van der Waals surface area contributed by atoms with Gasteiger partial charge in [0.2, 0.25) is 15.8 Å². The number of non-ortho nitro benzene ring substituents is 1. The van der Waals surface area contributed by atoms with Crippen molar-refractivity contribution in [1.29, 1.82) is 0 Å². The first-order valence-corrected chi connectivity index (χ1v) is 11.0. The third kappa shape index (κ3) is 6.13. The van der Waals surface area contributed by atoms with Gasteiger partial charge in [0.05, 0.1) is 31.5 Å². The lowest BCUT2D eigenvalue weighted by atomic mass is 10.2. The normalized spacial score (nSPS) is 11.7. The highest BCUT2D eigenvalue weighted by Crippen LogP contribution is 2.33. The fourth-order valence-corrected chi connectivity index (χ4v) is 3.95. The maximum absolute atomic E-state index is 13.0. The molecule has 15 heteroatoms. The molecule has 11 nitrogen and oxygen atoms in total. The Balaban J connectivity index is 1.93. The zero-order valence-electron chi connectivity index (χ0n) is 18.1. The Hall–Kier alpha value is -3.98. The van der Waals surface area contributed by atoms with Crippen LogP contribution in [0, 0.1) is 10.1 Å². The van der Waals surface area contributed by atoms with Crippen LogP contribution in [0.25, 0.3) is 0 Å². The summed E-state index contributed by atoms with van der Waals surface area (Å²) in [7, 11) is -1.60. The van der Waals surface area contributed by atoms with Crippen LogP contribution < -0.4 is 18.9 Å². The SMILES string of the molecule is COc1ccc(CNS(=O)(=O)c2cc([N+](=O)[O-])ccc2Oc2cnc(C(F)(F)F)nc2)c(OC)c1. The van der Waals surface area contributed by atoms with Gasteiger partial charge in [0.25, 0.3) is 5.69 Å². The first-order valence-electron chi connectivity index (χ1n) is 9.50. The second-order valence-corrected chi connectivity index (χ2v) is 8.47. The summed E-state index contributed by atoms with van der Waals surface area (Å²) in [6.45, 7) is -0.263. The quantitative estimate of drug-likeness (QED) is 0.334. The minimum absolute atomic E-state index is 0.263. The fraction of sp³-hybridized carbons (Fsp3) is 0.200. The van der Waals surface area contributed by atoms with Crippen LogP contribution in [0.15, 0.2) is 53.7 Å². The smallest absolute Gasteiger partial charge is 0.451 e. The molecule has 0 aliphatic rings. The predicted octanol–water partition coefficient (Wildman–Crippen LogP) is 3.69. The van der Waals surface area contributed by atoms with Gasteiger partial charge in [0.1, 0.15) is 22.1 Å². The van der Waals surface area contributed by atoms with Gasteiger partial charge in [0, 0.05) is 30.3 Å². The number of nitro benzene ring substituents is 1. The molecule has 0 aliphatic heterocycles. The highest BCUT2D eigenvalue weighted by atomic mass is 32.2. The number of aromatic nitrogens is 2. The molecule has 0 amide bonds. The minimum Gasteiger partial charge on any atom is -0.497 e. The van der Waals surface area contributed by atoms with E-state index < -0.39 is 43.3 Å². The third-order valence-electron chi connectivity index (χ3n) is 4.48. The van der Waals surface area contributed by atoms with Crippen molar-refractivity contribution in [2.45, 2.75) is 17.6 Å². The topological polar surface area (TPSA) is 143 Å². The van der Waals surface area contributed by atoms with Crippen LogP contribution >= 0.6 is 0 Å².